The van der Waals surface area contributed by atoms with Crippen molar-refractivity contribution in [3.05, 3.63) is 36.1 Å². The van der Waals surface area contributed by atoms with Gasteiger partial charge < -0.3 is 4.42 Å². The molecular formula is C15H15NO3. The fraction of sp³-hybridized carbons (Fsp3) is 0.333. The first-order valence-electron chi connectivity index (χ1n) is 6.48. The zero-order valence-corrected chi connectivity index (χ0v) is 10.6. The summed E-state index contributed by atoms with van der Waals surface area (Å²) in [5.74, 6) is 0.663. The van der Waals surface area contributed by atoms with Crippen molar-refractivity contribution < 1.29 is 14.0 Å². The third-order valence-corrected chi connectivity index (χ3v) is 3.48. The largest absolute Gasteiger partial charge is 0.453 e. The third-order valence-electron chi connectivity index (χ3n) is 3.48. The van der Waals surface area contributed by atoms with Crippen LogP contribution in [0.4, 0.5) is 0 Å². The first-order chi connectivity index (χ1) is 9.22. The van der Waals surface area contributed by atoms with Crippen LogP contribution in [0.1, 0.15) is 23.4 Å². The number of hydrogen-bond acceptors (Lipinski definition) is 4. The van der Waals surface area contributed by atoms with E-state index in [0.717, 1.165) is 11.0 Å². The average molecular weight is 257 g/mol. The van der Waals surface area contributed by atoms with Gasteiger partial charge in [-0.25, -0.2) is 0 Å². The summed E-state index contributed by atoms with van der Waals surface area (Å²) in [6.07, 6.45) is 1.10. The van der Waals surface area contributed by atoms with Gasteiger partial charge in [-0.1, -0.05) is 18.2 Å². The number of nitrogens with zero attached hydrogens (tertiary/aromatic N) is 1. The Bertz CT molecular complexity index is 586. The van der Waals surface area contributed by atoms with E-state index in [2.05, 4.69) is 0 Å². The smallest absolute Gasteiger partial charge is 0.211 e. The standard InChI is InChI=1S/C15H15NO3/c17-12-5-7-16(8-6-12)10-13(18)15-9-11-3-1-2-4-14(11)19-15/h1-4,9H,5-8,10H2. The predicted molar refractivity (Wildman–Crippen MR) is 71.2 cm³/mol. The van der Waals surface area contributed by atoms with Crippen molar-refractivity contribution in [3.63, 3.8) is 0 Å². The maximum atomic E-state index is 12.1. The van der Waals surface area contributed by atoms with Gasteiger partial charge in [-0.05, 0) is 12.1 Å². The second kappa shape index (κ2) is 4.97. The number of fused-ring (bicyclic) bond motifs is 1. The number of carbonyl (C=O) groups excluding carboxylic acids is 2. The number of Topliss-reactive ketones (excluding diaryl/α,β-unsaturated/α-hetero) is 2. The summed E-state index contributed by atoms with van der Waals surface area (Å²) in [6, 6.07) is 9.37. The molecule has 0 radical (unpaired) electrons. The molecule has 1 aliphatic heterocycles. The van der Waals surface area contributed by atoms with Gasteiger partial charge in [0.1, 0.15) is 11.4 Å². The highest BCUT2D eigenvalue weighted by molar-refractivity contribution is 5.98. The van der Waals surface area contributed by atoms with E-state index in [1.54, 1.807) is 6.07 Å². The van der Waals surface area contributed by atoms with Crippen LogP contribution in [0, 0.1) is 0 Å². The van der Waals surface area contributed by atoms with Crippen molar-refractivity contribution in [1.82, 2.24) is 4.90 Å². The van der Waals surface area contributed by atoms with Gasteiger partial charge in [0.05, 0.1) is 6.54 Å². The zero-order valence-electron chi connectivity index (χ0n) is 10.6. The van der Waals surface area contributed by atoms with E-state index < -0.39 is 0 Å². The molecule has 1 aromatic heterocycles. The fourth-order valence-electron chi connectivity index (χ4n) is 2.36. The van der Waals surface area contributed by atoms with Gasteiger partial charge in [0.15, 0.2) is 5.76 Å². The van der Waals surface area contributed by atoms with Gasteiger partial charge in [-0.3, -0.25) is 14.5 Å². The summed E-state index contributed by atoms with van der Waals surface area (Å²) in [6.45, 7) is 1.67. The topological polar surface area (TPSA) is 50.5 Å². The normalized spacial score (nSPS) is 16.9. The lowest BCUT2D eigenvalue weighted by atomic mass is 10.1. The minimum atomic E-state index is -0.0226. The molecule has 2 aromatic rings. The van der Waals surface area contributed by atoms with Crippen molar-refractivity contribution in [2.45, 2.75) is 12.8 Å². The van der Waals surface area contributed by atoms with Gasteiger partial charge in [0.25, 0.3) is 0 Å². The second-order valence-electron chi connectivity index (χ2n) is 4.89. The van der Waals surface area contributed by atoms with Crippen LogP contribution >= 0.6 is 0 Å². The molecule has 0 spiro atoms. The number of hydrogen-bond donors (Lipinski definition) is 0. The van der Waals surface area contributed by atoms with Crippen LogP contribution in [0.2, 0.25) is 0 Å². The first kappa shape index (κ1) is 12.1. The highest BCUT2D eigenvalue weighted by Crippen LogP contribution is 2.19. The van der Waals surface area contributed by atoms with Crippen molar-refractivity contribution in [2.75, 3.05) is 19.6 Å². The highest BCUT2D eigenvalue weighted by Gasteiger charge is 2.20. The number of likely N-dealkylation sites (tertiary alicyclic amines) is 1. The Balaban J connectivity index is 1.71. The van der Waals surface area contributed by atoms with Crippen LogP contribution in [0.5, 0.6) is 0 Å². The molecular weight excluding hydrogens is 242 g/mol. The maximum absolute atomic E-state index is 12.1. The predicted octanol–water partition coefficient (Wildman–Crippen LogP) is 2.28. The van der Waals surface area contributed by atoms with E-state index >= 15 is 0 Å². The van der Waals surface area contributed by atoms with Crippen LogP contribution in [-0.4, -0.2) is 36.1 Å². The number of benzene rings is 1. The van der Waals surface area contributed by atoms with E-state index in [-0.39, 0.29) is 11.6 Å². The van der Waals surface area contributed by atoms with Crippen molar-refractivity contribution in [1.29, 1.82) is 0 Å². The van der Waals surface area contributed by atoms with Crippen molar-refractivity contribution in [2.24, 2.45) is 0 Å². The Labute approximate surface area is 111 Å². The van der Waals surface area contributed by atoms with Crippen molar-refractivity contribution in [3.8, 4) is 0 Å². The maximum Gasteiger partial charge on any atom is 0.211 e. The van der Waals surface area contributed by atoms with Crippen LogP contribution in [0.25, 0.3) is 11.0 Å². The van der Waals surface area contributed by atoms with Crippen molar-refractivity contribution >= 4 is 22.5 Å². The van der Waals surface area contributed by atoms with E-state index in [0.29, 0.717) is 38.2 Å². The SMILES string of the molecule is O=C1CCN(CC(=O)c2cc3ccccc3o2)CC1. The number of para-hydroxylation sites is 1. The molecule has 1 aliphatic rings. The monoisotopic (exact) mass is 257 g/mol. The number of furan rings is 1. The van der Waals surface area contributed by atoms with Gasteiger partial charge >= 0.3 is 0 Å². The van der Waals surface area contributed by atoms with Crippen LogP contribution in [0.15, 0.2) is 34.7 Å². The van der Waals surface area contributed by atoms with Crippen LogP contribution in [0.3, 0.4) is 0 Å². The Hall–Kier alpha value is -1.94. The Kier molecular flexibility index (Phi) is 3.17. The average Bonchev–Trinajstić information content (AvgIpc) is 2.85. The molecule has 19 heavy (non-hydrogen) atoms. The molecule has 1 fully saturated rings. The molecule has 2 heterocycles. The molecule has 0 atom stereocenters. The molecule has 4 nitrogen and oxygen atoms in total. The summed E-state index contributed by atoms with van der Waals surface area (Å²) in [5, 5.41) is 0.944. The lowest BCUT2D eigenvalue weighted by Gasteiger charge is -2.24. The number of piperidine rings is 1. The molecule has 0 amide bonds. The summed E-state index contributed by atoms with van der Waals surface area (Å²) in [4.78, 5) is 25.3. The quantitative estimate of drug-likeness (QED) is 0.791. The zero-order chi connectivity index (χ0) is 13.2. The Morgan fingerprint density at radius 3 is 2.68 bits per heavy atom. The van der Waals surface area contributed by atoms with E-state index in [1.165, 1.54) is 0 Å². The number of rotatable bonds is 3. The molecule has 0 aliphatic carbocycles. The summed E-state index contributed by atoms with van der Waals surface area (Å²) in [7, 11) is 0. The highest BCUT2D eigenvalue weighted by atomic mass is 16.3. The molecule has 3 rings (SSSR count). The Morgan fingerprint density at radius 2 is 1.95 bits per heavy atom. The van der Waals surface area contributed by atoms with Gasteiger partial charge in [0, 0.05) is 31.3 Å². The first-order valence-corrected chi connectivity index (χ1v) is 6.48. The summed E-state index contributed by atoms with van der Waals surface area (Å²) >= 11 is 0. The van der Waals surface area contributed by atoms with Crippen LogP contribution in [-0.2, 0) is 4.79 Å². The molecule has 1 saturated heterocycles. The third kappa shape index (κ3) is 2.58. The minimum Gasteiger partial charge on any atom is -0.453 e. The minimum absolute atomic E-state index is 0.0226. The molecule has 4 heteroatoms. The van der Waals surface area contributed by atoms with Gasteiger partial charge in [0.2, 0.25) is 5.78 Å². The van der Waals surface area contributed by atoms with Crippen LogP contribution < -0.4 is 0 Å². The van der Waals surface area contributed by atoms with E-state index in [4.69, 9.17) is 4.42 Å². The number of ketones is 2. The summed E-state index contributed by atoms with van der Waals surface area (Å²) < 4.78 is 5.55. The van der Waals surface area contributed by atoms with E-state index in [9.17, 15) is 9.59 Å². The molecule has 0 unspecified atom stereocenters. The molecule has 0 bridgehead atoms. The molecule has 0 saturated carbocycles. The fourth-order valence-corrected chi connectivity index (χ4v) is 2.36. The van der Waals surface area contributed by atoms with Gasteiger partial charge in [-0.2, -0.15) is 0 Å². The van der Waals surface area contributed by atoms with E-state index in [1.807, 2.05) is 29.2 Å². The molecule has 0 N–H and O–H groups in total. The summed E-state index contributed by atoms with van der Waals surface area (Å²) in [5.41, 5.74) is 0.736. The lowest BCUT2D eigenvalue weighted by molar-refractivity contribution is -0.121. The second-order valence-corrected chi connectivity index (χ2v) is 4.89. The Morgan fingerprint density at radius 1 is 1.21 bits per heavy atom. The van der Waals surface area contributed by atoms with Gasteiger partial charge in [-0.15, -0.1) is 0 Å². The molecule has 98 valence electrons. The lowest BCUT2D eigenvalue weighted by Crippen LogP contribution is -2.37. The number of carbonyl (C=O) groups is 2. The molecule has 1 aromatic carbocycles.